The van der Waals surface area contributed by atoms with Crippen LogP contribution in [0.3, 0.4) is 0 Å². The summed E-state index contributed by atoms with van der Waals surface area (Å²) in [6, 6.07) is 11.6. The fourth-order valence-electron chi connectivity index (χ4n) is 5.38. The van der Waals surface area contributed by atoms with E-state index >= 15 is 0 Å². The monoisotopic (exact) mass is 438 g/mol. The standard InChI is InChI=1S/C27H31FO4/c1-2-4-18-7-8-21-17-25(14-11-20(21)15-18)32-26(29)19-9-12-24(13-10-19)31-27(30)22-5-3-6-23(28)16-22/h3,5-6,9-10,12-13,16,18,20-21,25H,2,4,7-8,11,14-15,17H2,1H3/t18-,20-,21+,25-/m1/s1. The molecule has 2 aromatic carbocycles. The minimum absolute atomic E-state index is 0.0167. The summed E-state index contributed by atoms with van der Waals surface area (Å²) < 4.78 is 24.4. The Kier molecular flexibility index (Phi) is 7.23. The highest BCUT2D eigenvalue weighted by atomic mass is 19.1. The van der Waals surface area contributed by atoms with Crippen LogP contribution in [0, 0.1) is 23.6 Å². The summed E-state index contributed by atoms with van der Waals surface area (Å²) in [5.74, 6) is 1.16. The van der Waals surface area contributed by atoms with Crippen LogP contribution in [0.4, 0.5) is 4.39 Å². The van der Waals surface area contributed by atoms with E-state index in [1.54, 1.807) is 24.3 Å². The average molecular weight is 439 g/mol. The van der Waals surface area contributed by atoms with E-state index in [2.05, 4.69) is 6.92 Å². The van der Waals surface area contributed by atoms with Crippen molar-refractivity contribution in [3.63, 3.8) is 0 Å². The first kappa shape index (κ1) is 22.5. The smallest absolute Gasteiger partial charge is 0.343 e. The highest BCUT2D eigenvalue weighted by Gasteiger charge is 2.36. The van der Waals surface area contributed by atoms with Crippen molar-refractivity contribution in [2.75, 3.05) is 0 Å². The van der Waals surface area contributed by atoms with Crippen molar-refractivity contribution in [1.29, 1.82) is 0 Å². The Morgan fingerprint density at radius 2 is 1.66 bits per heavy atom. The van der Waals surface area contributed by atoms with E-state index in [-0.39, 0.29) is 17.6 Å². The number of halogens is 1. The molecule has 2 fully saturated rings. The maximum absolute atomic E-state index is 13.3. The number of esters is 2. The molecular formula is C27H31FO4. The first-order valence-electron chi connectivity index (χ1n) is 11.8. The van der Waals surface area contributed by atoms with Gasteiger partial charge in [-0.05, 0) is 92.3 Å². The Bertz CT molecular complexity index is 939. The molecule has 0 radical (unpaired) electrons. The summed E-state index contributed by atoms with van der Waals surface area (Å²) in [7, 11) is 0. The van der Waals surface area contributed by atoms with Crippen molar-refractivity contribution >= 4 is 11.9 Å². The van der Waals surface area contributed by atoms with Crippen LogP contribution in [0.1, 0.15) is 79.0 Å². The van der Waals surface area contributed by atoms with Crippen molar-refractivity contribution < 1.29 is 23.5 Å². The number of fused-ring (bicyclic) bond motifs is 1. The molecule has 0 unspecified atom stereocenters. The van der Waals surface area contributed by atoms with Gasteiger partial charge in [0.05, 0.1) is 11.1 Å². The molecule has 2 aliphatic carbocycles. The van der Waals surface area contributed by atoms with E-state index < -0.39 is 11.8 Å². The van der Waals surface area contributed by atoms with Crippen LogP contribution >= 0.6 is 0 Å². The van der Waals surface area contributed by atoms with Crippen molar-refractivity contribution in [1.82, 2.24) is 0 Å². The predicted octanol–water partition coefficient (Wildman–Crippen LogP) is 6.59. The normalized spacial score (nSPS) is 24.9. The quantitative estimate of drug-likeness (QED) is 0.377. The zero-order chi connectivity index (χ0) is 22.5. The van der Waals surface area contributed by atoms with Crippen molar-refractivity contribution in [3.05, 3.63) is 65.5 Å². The first-order valence-corrected chi connectivity index (χ1v) is 11.8. The van der Waals surface area contributed by atoms with Crippen LogP contribution in [0.25, 0.3) is 0 Å². The third kappa shape index (κ3) is 5.56. The topological polar surface area (TPSA) is 52.6 Å². The summed E-state index contributed by atoms with van der Waals surface area (Å²) in [5.41, 5.74) is 0.567. The third-order valence-corrected chi connectivity index (χ3v) is 7.01. The van der Waals surface area contributed by atoms with Crippen LogP contribution in [-0.2, 0) is 4.74 Å². The van der Waals surface area contributed by atoms with E-state index in [1.165, 1.54) is 50.3 Å². The Balaban J connectivity index is 1.28. The number of carbonyl (C=O) groups is 2. The molecule has 32 heavy (non-hydrogen) atoms. The third-order valence-electron chi connectivity index (χ3n) is 7.01. The van der Waals surface area contributed by atoms with Gasteiger partial charge in [-0.1, -0.05) is 32.3 Å². The van der Waals surface area contributed by atoms with Crippen LogP contribution in [0.15, 0.2) is 48.5 Å². The molecule has 2 saturated carbocycles. The maximum atomic E-state index is 13.3. The van der Waals surface area contributed by atoms with Gasteiger partial charge in [0.1, 0.15) is 17.7 Å². The Labute approximate surface area is 189 Å². The number of rotatable bonds is 6. The summed E-state index contributed by atoms with van der Waals surface area (Å²) in [5, 5.41) is 0. The lowest BCUT2D eigenvalue weighted by Crippen LogP contribution is -2.35. The second-order valence-corrected chi connectivity index (χ2v) is 9.25. The van der Waals surface area contributed by atoms with E-state index in [0.717, 1.165) is 37.2 Å². The van der Waals surface area contributed by atoms with Gasteiger partial charge in [0.15, 0.2) is 0 Å². The number of carbonyl (C=O) groups excluding carboxylic acids is 2. The molecule has 0 bridgehead atoms. The van der Waals surface area contributed by atoms with Gasteiger partial charge in [0.2, 0.25) is 0 Å². The lowest BCUT2D eigenvalue weighted by atomic mass is 9.66. The van der Waals surface area contributed by atoms with Crippen molar-refractivity contribution in [2.45, 2.75) is 64.4 Å². The number of benzene rings is 2. The largest absolute Gasteiger partial charge is 0.459 e. The lowest BCUT2D eigenvalue weighted by molar-refractivity contribution is -0.00620. The highest BCUT2D eigenvalue weighted by Crippen LogP contribution is 2.44. The summed E-state index contributed by atoms with van der Waals surface area (Å²) in [6.07, 6.45) is 9.57. The fourth-order valence-corrected chi connectivity index (χ4v) is 5.38. The number of hydrogen-bond donors (Lipinski definition) is 0. The molecule has 0 N–H and O–H groups in total. The minimum atomic E-state index is -0.648. The zero-order valence-electron chi connectivity index (χ0n) is 18.6. The highest BCUT2D eigenvalue weighted by molar-refractivity contribution is 5.92. The summed E-state index contributed by atoms with van der Waals surface area (Å²) >= 11 is 0. The summed E-state index contributed by atoms with van der Waals surface area (Å²) in [6.45, 7) is 2.27. The van der Waals surface area contributed by atoms with Crippen LogP contribution < -0.4 is 4.74 Å². The molecule has 0 amide bonds. The van der Waals surface area contributed by atoms with Gasteiger partial charge >= 0.3 is 11.9 Å². The Morgan fingerprint density at radius 1 is 0.906 bits per heavy atom. The molecule has 4 rings (SSSR count). The predicted molar refractivity (Wildman–Crippen MR) is 120 cm³/mol. The number of ether oxygens (including phenoxy) is 2. The number of hydrogen-bond acceptors (Lipinski definition) is 4. The van der Waals surface area contributed by atoms with Crippen LogP contribution in [0.5, 0.6) is 5.75 Å². The van der Waals surface area contributed by atoms with Crippen LogP contribution in [0.2, 0.25) is 0 Å². The van der Waals surface area contributed by atoms with Gasteiger partial charge in [0.25, 0.3) is 0 Å². The second-order valence-electron chi connectivity index (χ2n) is 9.25. The van der Waals surface area contributed by atoms with Gasteiger partial charge in [-0.3, -0.25) is 0 Å². The van der Waals surface area contributed by atoms with Gasteiger partial charge in [0, 0.05) is 0 Å². The Hall–Kier alpha value is -2.69. The van der Waals surface area contributed by atoms with Crippen LogP contribution in [-0.4, -0.2) is 18.0 Å². The molecule has 2 aromatic rings. The fraction of sp³-hybridized carbons (Fsp3) is 0.481. The molecule has 2 aliphatic rings. The molecule has 4 atom stereocenters. The molecule has 0 heterocycles. The van der Waals surface area contributed by atoms with E-state index in [4.69, 9.17) is 9.47 Å². The first-order chi connectivity index (χ1) is 15.5. The molecular weight excluding hydrogens is 407 g/mol. The molecule has 0 aliphatic heterocycles. The molecule has 4 nitrogen and oxygen atoms in total. The summed E-state index contributed by atoms with van der Waals surface area (Å²) in [4.78, 5) is 24.8. The van der Waals surface area contributed by atoms with Gasteiger partial charge in [-0.15, -0.1) is 0 Å². The molecule has 0 aromatic heterocycles. The van der Waals surface area contributed by atoms with E-state index in [0.29, 0.717) is 17.2 Å². The van der Waals surface area contributed by atoms with Gasteiger partial charge < -0.3 is 9.47 Å². The van der Waals surface area contributed by atoms with E-state index in [1.807, 2.05) is 0 Å². The zero-order valence-corrected chi connectivity index (χ0v) is 18.6. The minimum Gasteiger partial charge on any atom is -0.459 e. The van der Waals surface area contributed by atoms with Gasteiger partial charge in [-0.2, -0.15) is 0 Å². The van der Waals surface area contributed by atoms with Crippen molar-refractivity contribution in [3.8, 4) is 5.75 Å². The molecule has 5 heteroatoms. The molecule has 0 spiro atoms. The van der Waals surface area contributed by atoms with Crippen molar-refractivity contribution in [2.24, 2.45) is 17.8 Å². The SMILES string of the molecule is CCC[C@@H]1CC[C@H]2C[C@H](OC(=O)c3ccc(OC(=O)c4cccc(F)c4)cc3)CC[C@@H]2C1. The lowest BCUT2D eigenvalue weighted by Gasteiger charge is -2.41. The Morgan fingerprint density at radius 3 is 2.41 bits per heavy atom. The van der Waals surface area contributed by atoms with E-state index in [9.17, 15) is 14.0 Å². The average Bonchev–Trinajstić information content (AvgIpc) is 2.80. The maximum Gasteiger partial charge on any atom is 0.343 e. The molecule has 170 valence electrons. The molecule has 0 saturated heterocycles. The van der Waals surface area contributed by atoms with Gasteiger partial charge in [-0.25, -0.2) is 14.0 Å². The second kappa shape index (κ2) is 10.3.